The van der Waals surface area contributed by atoms with Gasteiger partial charge in [-0.2, -0.15) is 0 Å². The first-order valence-corrected chi connectivity index (χ1v) is 7.23. The number of aromatic nitrogens is 2. The number of hydrogen-bond donors (Lipinski definition) is 1. The van der Waals surface area contributed by atoms with Crippen LogP contribution in [0.5, 0.6) is 0 Å². The van der Waals surface area contributed by atoms with Gasteiger partial charge in [-0.3, -0.25) is 4.79 Å². The van der Waals surface area contributed by atoms with Crippen molar-refractivity contribution in [1.29, 1.82) is 0 Å². The summed E-state index contributed by atoms with van der Waals surface area (Å²) >= 11 is 0. The molecule has 1 saturated heterocycles. The lowest BCUT2D eigenvalue weighted by atomic mass is 10.1. The number of rotatable bonds is 5. The molecular formula is C14H21FN4O. The van der Waals surface area contributed by atoms with E-state index in [9.17, 15) is 9.18 Å². The summed E-state index contributed by atoms with van der Waals surface area (Å²) in [6.45, 7) is 3.93. The first-order valence-electron chi connectivity index (χ1n) is 7.23. The van der Waals surface area contributed by atoms with E-state index in [1.165, 1.54) is 12.7 Å². The summed E-state index contributed by atoms with van der Waals surface area (Å²) < 4.78 is 13.9. The first-order chi connectivity index (χ1) is 9.72. The quantitative estimate of drug-likeness (QED) is 0.896. The van der Waals surface area contributed by atoms with Crippen molar-refractivity contribution in [3.05, 3.63) is 17.8 Å². The number of carbonyl (C=O) groups is 1. The zero-order chi connectivity index (χ0) is 14.4. The van der Waals surface area contributed by atoms with E-state index >= 15 is 0 Å². The third kappa shape index (κ3) is 3.65. The van der Waals surface area contributed by atoms with E-state index in [1.54, 1.807) is 0 Å². The smallest absolute Gasteiger partial charge is 0.224 e. The van der Waals surface area contributed by atoms with Crippen LogP contribution < -0.4 is 5.32 Å². The molecule has 1 aliphatic rings. The van der Waals surface area contributed by atoms with Crippen LogP contribution in [0.3, 0.4) is 0 Å². The van der Waals surface area contributed by atoms with Gasteiger partial charge in [0.2, 0.25) is 5.91 Å². The van der Waals surface area contributed by atoms with Gasteiger partial charge in [0.05, 0.1) is 5.69 Å². The van der Waals surface area contributed by atoms with Gasteiger partial charge in [0.15, 0.2) is 11.6 Å². The van der Waals surface area contributed by atoms with E-state index < -0.39 is 5.82 Å². The van der Waals surface area contributed by atoms with E-state index in [1.807, 2.05) is 11.8 Å². The van der Waals surface area contributed by atoms with Crippen molar-refractivity contribution in [2.45, 2.75) is 39.0 Å². The first kappa shape index (κ1) is 14.7. The maximum Gasteiger partial charge on any atom is 0.224 e. The third-order valence-electron chi connectivity index (χ3n) is 3.54. The highest BCUT2D eigenvalue weighted by Gasteiger charge is 2.16. The van der Waals surface area contributed by atoms with E-state index in [-0.39, 0.29) is 11.7 Å². The Kier molecular flexibility index (Phi) is 5.26. The van der Waals surface area contributed by atoms with Crippen LogP contribution in [0.1, 0.15) is 38.3 Å². The number of likely N-dealkylation sites (tertiary alicyclic amines) is 1. The lowest BCUT2D eigenvalue weighted by molar-refractivity contribution is -0.131. The Morgan fingerprint density at radius 3 is 2.80 bits per heavy atom. The molecule has 1 aromatic rings. The Balaban J connectivity index is 1.82. The van der Waals surface area contributed by atoms with Crippen molar-refractivity contribution in [1.82, 2.24) is 14.9 Å². The molecule has 0 saturated carbocycles. The molecule has 0 aliphatic carbocycles. The SMILES string of the molecule is CCc1ncnc(NCCC(=O)N2CCCCC2)c1F. The Labute approximate surface area is 118 Å². The largest absolute Gasteiger partial charge is 0.367 e. The summed E-state index contributed by atoms with van der Waals surface area (Å²) in [7, 11) is 0. The van der Waals surface area contributed by atoms with Crippen molar-refractivity contribution in [3.63, 3.8) is 0 Å². The fourth-order valence-electron chi connectivity index (χ4n) is 2.37. The van der Waals surface area contributed by atoms with Crippen LogP contribution in [-0.4, -0.2) is 40.4 Å². The molecule has 2 heterocycles. The highest BCUT2D eigenvalue weighted by molar-refractivity contribution is 5.76. The van der Waals surface area contributed by atoms with Gasteiger partial charge in [-0.15, -0.1) is 0 Å². The number of hydrogen-bond acceptors (Lipinski definition) is 4. The lowest BCUT2D eigenvalue weighted by Gasteiger charge is -2.26. The molecule has 1 aliphatic heterocycles. The fourth-order valence-corrected chi connectivity index (χ4v) is 2.37. The molecule has 1 fully saturated rings. The maximum absolute atomic E-state index is 13.9. The summed E-state index contributed by atoms with van der Waals surface area (Å²) in [6, 6.07) is 0. The number of anilines is 1. The minimum absolute atomic E-state index is 0.127. The molecular weight excluding hydrogens is 259 g/mol. The zero-order valence-electron chi connectivity index (χ0n) is 11.9. The number of nitrogens with one attached hydrogen (secondary N) is 1. The summed E-state index contributed by atoms with van der Waals surface area (Å²) in [4.78, 5) is 21.6. The number of nitrogens with zero attached hydrogens (tertiary/aromatic N) is 3. The average molecular weight is 280 g/mol. The van der Waals surface area contributed by atoms with E-state index in [4.69, 9.17) is 0 Å². The van der Waals surface area contributed by atoms with Crippen LogP contribution in [0.15, 0.2) is 6.33 Å². The molecule has 0 bridgehead atoms. The van der Waals surface area contributed by atoms with Gasteiger partial charge in [0.1, 0.15) is 6.33 Å². The molecule has 1 N–H and O–H groups in total. The molecule has 1 aromatic heterocycles. The second kappa shape index (κ2) is 7.17. The Morgan fingerprint density at radius 2 is 2.10 bits per heavy atom. The fraction of sp³-hybridized carbons (Fsp3) is 0.643. The highest BCUT2D eigenvalue weighted by Crippen LogP contribution is 2.14. The molecule has 110 valence electrons. The van der Waals surface area contributed by atoms with Crippen LogP contribution in [0.25, 0.3) is 0 Å². The van der Waals surface area contributed by atoms with Crippen LogP contribution in [0, 0.1) is 5.82 Å². The topological polar surface area (TPSA) is 58.1 Å². The molecule has 0 radical (unpaired) electrons. The van der Waals surface area contributed by atoms with Gasteiger partial charge >= 0.3 is 0 Å². The van der Waals surface area contributed by atoms with Crippen LogP contribution in [-0.2, 0) is 11.2 Å². The molecule has 20 heavy (non-hydrogen) atoms. The second-order valence-corrected chi connectivity index (χ2v) is 4.95. The Hall–Kier alpha value is -1.72. The highest BCUT2D eigenvalue weighted by atomic mass is 19.1. The predicted molar refractivity (Wildman–Crippen MR) is 74.9 cm³/mol. The average Bonchev–Trinajstić information content (AvgIpc) is 2.49. The monoisotopic (exact) mass is 280 g/mol. The minimum Gasteiger partial charge on any atom is -0.367 e. The zero-order valence-corrected chi connectivity index (χ0v) is 11.9. The number of carbonyl (C=O) groups excluding carboxylic acids is 1. The standard InChI is InChI=1S/C14H21FN4O/c1-2-11-13(15)14(18-10-17-11)16-7-6-12(20)19-8-4-3-5-9-19/h10H,2-9H2,1H3,(H,16,17,18). The van der Waals surface area contributed by atoms with Gasteiger partial charge in [0, 0.05) is 26.1 Å². The summed E-state index contributed by atoms with van der Waals surface area (Å²) in [6.07, 6.45) is 5.60. The van der Waals surface area contributed by atoms with Crippen LogP contribution in [0.2, 0.25) is 0 Å². The van der Waals surface area contributed by atoms with Crippen molar-refractivity contribution in [3.8, 4) is 0 Å². The van der Waals surface area contributed by atoms with Crippen molar-refractivity contribution in [2.24, 2.45) is 0 Å². The number of halogens is 1. The molecule has 5 nitrogen and oxygen atoms in total. The minimum atomic E-state index is -0.416. The second-order valence-electron chi connectivity index (χ2n) is 4.95. The van der Waals surface area contributed by atoms with Gasteiger partial charge in [-0.1, -0.05) is 6.92 Å². The summed E-state index contributed by atoms with van der Waals surface area (Å²) in [5.74, 6) is -0.105. The predicted octanol–water partition coefficient (Wildman–Crippen LogP) is 1.99. The molecule has 0 unspecified atom stereocenters. The number of aryl methyl sites for hydroxylation is 1. The molecule has 6 heteroatoms. The molecule has 0 aromatic carbocycles. The van der Waals surface area contributed by atoms with Crippen LogP contribution >= 0.6 is 0 Å². The molecule has 2 rings (SSSR count). The van der Waals surface area contributed by atoms with E-state index in [0.29, 0.717) is 25.1 Å². The third-order valence-corrected chi connectivity index (χ3v) is 3.54. The van der Waals surface area contributed by atoms with Gasteiger partial charge in [-0.05, 0) is 25.7 Å². The normalized spacial score (nSPS) is 15.2. The Bertz CT molecular complexity index is 460. The maximum atomic E-state index is 13.9. The van der Waals surface area contributed by atoms with Gasteiger partial charge in [0.25, 0.3) is 0 Å². The van der Waals surface area contributed by atoms with Gasteiger partial charge < -0.3 is 10.2 Å². The van der Waals surface area contributed by atoms with Crippen LogP contribution in [0.4, 0.5) is 10.2 Å². The Morgan fingerprint density at radius 1 is 1.35 bits per heavy atom. The molecule has 0 spiro atoms. The van der Waals surface area contributed by atoms with E-state index in [2.05, 4.69) is 15.3 Å². The summed E-state index contributed by atoms with van der Waals surface area (Å²) in [5.41, 5.74) is 0.393. The number of piperidine rings is 1. The van der Waals surface area contributed by atoms with E-state index in [0.717, 1.165) is 25.9 Å². The van der Waals surface area contributed by atoms with Crippen molar-refractivity contribution >= 4 is 11.7 Å². The molecule has 0 atom stereocenters. The number of amides is 1. The lowest BCUT2D eigenvalue weighted by Crippen LogP contribution is -2.36. The molecule has 1 amide bonds. The summed E-state index contributed by atoms with van der Waals surface area (Å²) in [5, 5.41) is 2.88. The van der Waals surface area contributed by atoms with Gasteiger partial charge in [-0.25, -0.2) is 14.4 Å². The van der Waals surface area contributed by atoms with Crippen molar-refractivity contribution < 1.29 is 9.18 Å². The van der Waals surface area contributed by atoms with Crippen molar-refractivity contribution in [2.75, 3.05) is 25.0 Å².